The van der Waals surface area contributed by atoms with Gasteiger partial charge in [0.2, 0.25) is 0 Å². The first-order chi connectivity index (χ1) is 12.8. The van der Waals surface area contributed by atoms with Crippen LogP contribution < -0.4 is 10.6 Å². The van der Waals surface area contributed by atoms with Crippen LogP contribution in [0, 0.1) is 0 Å². The summed E-state index contributed by atoms with van der Waals surface area (Å²) >= 11 is 1.47. The Morgan fingerprint density at radius 1 is 1.30 bits per heavy atom. The number of rotatable bonds is 6. The molecule has 0 bridgehead atoms. The van der Waals surface area contributed by atoms with Crippen molar-refractivity contribution < 1.29 is 9.53 Å². The van der Waals surface area contributed by atoms with Crippen LogP contribution in [0.25, 0.3) is 0 Å². The predicted molar refractivity (Wildman–Crippen MR) is 120 cm³/mol. The van der Waals surface area contributed by atoms with Gasteiger partial charge in [-0.3, -0.25) is 14.7 Å². The topological polar surface area (TPSA) is 69.2 Å². The second kappa shape index (κ2) is 11.8. The number of amides is 1. The highest BCUT2D eigenvalue weighted by Gasteiger charge is 2.30. The van der Waals surface area contributed by atoms with Gasteiger partial charge in [-0.1, -0.05) is 6.07 Å². The van der Waals surface area contributed by atoms with Crippen LogP contribution in [0.4, 0.5) is 0 Å². The fourth-order valence-corrected chi connectivity index (χ4v) is 4.13. The largest absolute Gasteiger partial charge is 0.379 e. The van der Waals surface area contributed by atoms with Gasteiger partial charge in [-0.25, -0.2) is 0 Å². The molecule has 7 nitrogen and oxygen atoms in total. The van der Waals surface area contributed by atoms with E-state index in [2.05, 4.69) is 25.4 Å². The highest BCUT2D eigenvalue weighted by molar-refractivity contribution is 14.0. The van der Waals surface area contributed by atoms with Gasteiger partial charge in [-0.2, -0.15) is 0 Å². The molecule has 0 aromatic carbocycles. The maximum absolute atomic E-state index is 11.9. The number of thiophene rings is 1. The molecule has 0 radical (unpaired) electrons. The van der Waals surface area contributed by atoms with Gasteiger partial charge >= 0.3 is 0 Å². The smallest absolute Gasteiger partial charge is 0.261 e. The van der Waals surface area contributed by atoms with Crippen LogP contribution in [-0.4, -0.2) is 87.2 Å². The van der Waals surface area contributed by atoms with Gasteiger partial charge in [0.15, 0.2) is 5.96 Å². The number of carbonyl (C=O) groups is 1. The summed E-state index contributed by atoms with van der Waals surface area (Å²) in [5.74, 6) is 0.975. The number of carbonyl (C=O) groups excluding carboxylic acids is 1. The Labute approximate surface area is 182 Å². The van der Waals surface area contributed by atoms with Gasteiger partial charge in [0, 0.05) is 52.4 Å². The molecule has 3 rings (SSSR count). The number of nitrogens with zero attached hydrogens (tertiary/aromatic N) is 3. The van der Waals surface area contributed by atoms with Crippen LogP contribution in [0.3, 0.4) is 0 Å². The van der Waals surface area contributed by atoms with Crippen LogP contribution in [0.1, 0.15) is 22.5 Å². The van der Waals surface area contributed by atoms with E-state index in [1.165, 1.54) is 17.8 Å². The number of halogens is 1. The zero-order chi connectivity index (χ0) is 18.2. The molecule has 9 heteroatoms. The standard InChI is InChI=1S/C18H29N5O2S.HI/c1-19-18(21-7-3-6-20-17(24)16-4-2-13-26-16)23-8-5-15(14-23)22-9-11-25-12-10-22;/h2,4,13,15H,3,5-12,14H2,1H3,(H,19,21)(H,20,24);1H. The van der Waals surface area contributed by atoms with Gasteiger partial charge in [0.25, 0.3) is 5.91 Å². The summed E-state index contributed by atoms with van der Waals surface area (Å²) in [5, 5.41) is 8.30. The number of nitrogens with one attached hydrogen (secondary N) is 2. The molecule has 2 aliphatic heterocycles. The van der Waals surface area contributed by atoms with Gasteiger partial charge in [0.1, 0.15) is 0 Å². The van der Waals surface area contributed by atoms with Crippen LogP contribution in [0.5, 0.6) is 0 Å². The molecule has 0 spiro atoms. The molecule has 1 aromatic rings. The van der Waals surface area contributed by atoms with Crippen LogP contribution in [-0.2, 0) is 4.74 Å². The fourth-order valence-electron chi connectivity index (χ4n) is 3.49. The number of aliphatic imine (C=N–C) groups is 1. The fraction of sp³-hybridized carbons (Fsp3) is 0.667. The monoisotopic (exact) mass is 507 g/mol. The van der Waals surface area contributed by atoms with E-state index >= 15 is 0 Å². The third-order valence-electron chi connectivity index (χ3n) is 4.90. The maximum atomic E-state index is 11.9. The van der Waals surface area contributed by atoms with Crippen molar-refractivity contribution in [3.8, 4) is 0 Å². The number of morpholine rings is 1. The molecule has 152 valence electrons. The first kappa shape index (κ1) is 22.4. The normalized spacial score (nSPS) is 21.0. The Morgan fingerprint density at radius 2 is 2.07 bits per heavy atom. The summed E-state index contributed by atoms with van der Waals surface area (Å²) in [6.45, 7) is 7.29. The quantitative estimate of drug-likeness (QED) is 0.264. The van der Waals surface area contributed by atoms with Gasteiger partial charge in [-0.15, -0.1) is 35.3 Å². The minimum Gasteiger partial charge on any atom is -0.379 e. The van der Waals surface area contributed by atoms with Crippen LogP contribution in [0.2, 0.25) is 0 Å². The van der Waals surface area contributed by atoms with E-state index in [4.69, 9.17) is 4.74 Å². The third kappa shape index (κ3) is 6.58. The minimum absolute atomic E-state index is 0. The second-order valence-electron chi connectivity index (χ2n) is 6.60. The molecular weight excluding hydrogens is 477 g/mol. The summed E-state index contributed by atoms with van der Waals surface area (Å²) in [6, 6.07) is 4.34. The van der Waals surface area contributed by atoms with E-state index in [-0.39, 0.29) is 29.9 Å². The lowest BCUT2D eigenvalue weighted by molar-refractivity contribution is 0.0195. The van der Waals surface area contributed by atoms with E-state index in [0.717, 1.165) is 63.2 Å². The maximum Gasteiger partial charge on any atom is 0.261 e. The van der Waals surface area contributed by atoms with Gasteiger partial charge in [-0.05, 0) is 24.3 Å². The van der Waals surface area contributed by atoms with E-state index < -0.39 is 0 Å². The molecule has 0 saturated carbocycles. The molecule has 1 amide bonds. The lowest BCUT2D eigenvalue weighted by atomic mass is 10.2. The summed E-state index contributed by atoms with van der Waals surface area (Å²) in [5.41, 5.74) is 0. The molecule has 27 heavy (non-hydrogen) atoms. The lowest BCUT2D eigenvalue weighted by Gasteiger charge is -2.32. The summed E-state index contributed by atoms with van der Waals surface area (Å²) in [7, 11) is 1.84. The molecule has 0 aliphatic carbocycles. The number of hydrogen-bond donors (Lipinski definition) is 2. The van der Waals surface area contributed by atoms with Gasteiger partial charge in [0.05, 0.1) is 18.1 Å². The molecule has 1 aromatic heterocycles. The Morgan fingerprint density at radius 3 is 2.78 bits per heavy atom. The zero-order valence-corrected chi connectivity index (χ0v) is 19.0. The Balaban J connectivity index is 0.00000261. The third-order valence-corrected chi connectivity index (χ3v) is 5.77. The molecule has 2 aliphatic rings. The van der Waals surface area contributed by atoms with Crippen molar-refractivity contribution in [3.05, 3.63) is 22.4 Å². The molecule has 2 N–H and O–H groups in total. The van der Waals surface area contributed by atoms with Crippen molar-refractivity contribution in [1.82, 2.24) is 20.4 Å². The first-order valence-corrected chi connectivity index (χ1v) is 10.2. The average Bonchev–Trinajstić information content (AvgIpc) is 3.37. The number of likely N-dealkylation sites (tertiary alicyclic amines) is 1. The first-order valence-electron chi connectivity index (χ1n) is 9.37. The lowest BCUT2D eigenvalue weighted by Crippen LogP contribution is -2.47. The van der Waals surface area contributed by atoms with E-state index in [1.807, 2.05) is 24.6 Å². The molecule has 1 unspecified atom stereocenters. The molecule has 3 heterocycles. The molecule has 1 atom stereocenters. The minimum atomic E-state index is 0. The Hall–Kier alpha value is -0.910. The van der Waals surface area contributed by atoms with E-state index in [0.29, 0.717) is 12.6 Å². The van der Waals surface area contributed by atoms with Crippen molar-refractivity contribution in [2.75, 3.05) is 59.5 Å². The number of ether oxygens (including phenoxy) is 1. The Bertz CT molecular complexity index is 593. The molecule has 2 saturated heterocycles. The average molecular weight is 507 g/mol. The van der Waals surface area contributed by atoms with Crippen molar-refractivity contribution in [2.45, 2.75) is 18.9 Å². The van der Waals surface area contributed by atoms with E-state index in [1.54, 1.807) is 0 Å². The zero-order valence-electron chi connectivity index (χ0n) is 15.9. The van der Waals surface area contributed by atoms with Crippen molar-refractivity contribution in [1.29, 1.82) is 0 Å². The molecular formula is C18H30IN5O2S. The van der Waals surface area contributed by atoms with Crippen LogP contribution in [0.15, 0.2) is 22.5 Å². The number of hydrogen-bond acceptors (Lipinski definition) is 5. The summed E-state index contributed by atoms with van der Waals surface area (Å²) < 4.78 is 5.45. The predicted octanol–water partition coefficient (Wildman–Crippen LogP) is 1.47. The highest BCUT2D eigenvalue weighted by atomic mass is 127. The number of guanidine groups is 1. The second-order valence-corrected chi connectivity index (χ2v) is 7.55. The van der Waals surface area contributed by atoms with E-state index in [9.17, 15) is 4.79 Å². The SMILES string of the molecule is CN=C(NCCCNC(=O)c1cccs1)N1CCC(N2CCOCC2)C1.I. The van der Waals surface area contributed by atoms with Crippen molar-refractivity contribution in [2.24, 2.45) is 4.99 Å². The van der Waals surface area contributed by atoms with Gasteiger partial charge < -0.3 is 20.3 Å². The molecule has 2 fully saturated rings. The summed E-state index contributed by atoms with van der Waals surface area (Å²) in [4.78, 5) is 22.0. The van der Waals surface area contributed by atoms with Crippen molar-refractivity contribution >= 4 is 47.2 Å². The summed E-state index contributed by atoms with van der Waals surface area (Å²) in [6.07, 6.45) is 2.05. The highest BCUT2D eigenvalue weighted by Crippen LogP contribution is 2.17. The van der Waals surface area contributed by atoms with Crippen molar-refractivity contribution in [3.63, 3.8) is 0 Å². The van der Waals surface area contributed by atoms with Crippen LogP contribution >= 0.6 is 35.3 Å². The Kier molecular flexibility index (Phi) is 9.80.